The fourth-order valence-electron chi connectivity index (χ4n) is 2.77. The number of rotatable bonds is 3. The van der Waals surface area contributed by atoms with E-state index in [4.69, 9.17) is 0 Å². The normalized spacial score (nSPS) is 12.3. The predicted molar refractivity (Wildman–Crippen MR) is 73.0 cm³/mol. The molecule has 0 heteroatoms. The van der Waals surface area contributed by atoms with Crippen LogP contribution in [0, 0.1) is 6.92 Å². The van der Waals surface area contributed by atoms with Crippen molar-refractivity contribution in [1.29, 1.82) is 0 Å². The van der Waals surface area contributed by atoms with Crippen molar-refractivity contribution in [3.05, 3.63) is 66.1 Å². The summed E-state index contributed by atoms with van der Waals surface area (Å²) in [5, 5.41) is 0. The third-order valence-electron chi connectivity index (χ3n) is 3.64. The highest BCUT2D eigenvalue weighted by atomic mass is 14.2. The van der Waals surface area contributed by atoms with Crippen molar-refractivity contribution in [2.75, 3.05) is 0 Å². The van der Waals surface area contributed by atoms with Gasteiger partial charge in [0.15, 0.2) is 0 Å². The highest BCUT2D eigenvalue weighted by Gasteiger charge is 2.19. The van der Waals surface area contributed by atoms with Gasteiger partial charge >= 0.3 is 0 Å². The summed E-state index contributed by atoms with van der Waals surface area (Å²) in [5.74, 6) is 0. The Kier molecular flexibility index (Phi) is 2.72. The van der Waals surface area contributed by atoms with E-state index in [0.717, 1.165) is 12.8 Å². The molecule has 0 N–H and O–H groups in total. The van der Waals surface area contributed by atoms with Crippen LogP contribution in [0.2, 0.25) is 0 Å². The fraction of sp³-hybridized carbons (Fsp3) is 0.235. The van der Waals surface area contributed by atoms with Gasteiger partial charge in [-0.3, -0.25) is 0 Å². The summed E-state index contributed by atoms with van der Waals surface area (Å²) in [6, 6.07) is 15.5. The highest BCUT2D eigenvalue weighted by molar-refractivity contribution is 5.77. The summed E-state index contributed by atoms with van der Waals surface area (Å²) < 4.78 is 0. The lowest BCUT2D eigenvalue weighted by Crippen LogP contribution is -1.92. The first kappa shape index (κ1) is 10.6. The van der Waals surface area contributed by atoms with Crippen LogP contribution < -0.4 is 0 Å². The van der Waals surface area contributed by atoms with Crippen molar-refractivity contribution < 1.29 is 0 Å². The van der Waals surface area contributed by atoms with Crippen LogP contribution >= 0.6 is 0 Å². The fourth-order valence-corrected chi connectivity index (χ4v) is 2.77. The van der Waals surface area contributed by atoms with Gasteiger partial charge in [-0.05, 0) is 47.1 Å². The van der Waals surface area contributed by atoms with E-state index < -0.39 is 0 Å². The first-order valence-corrected chi connectivity index (χ1v) is 6.38. The molecule has 1 radical (unpaired) electrons. The van der Waals surface area contributed by atoms with Crippen LogP contribution in [0.5, 0.6) is 0 Å². The topological polar surface area (TPSA) is 0 Å². The predicted octanol–water partition coefficient (Wildman–Crippen LogP) is 4.41. The van der Waals surface area contributed by atoms with E-state index in [1.54, 1.807) is 5.56 Å². The zero-order valence-corrected chi connectivity index (χ0v) is 10.1. The minimum absolute atomic E-state index is 1.02. The second-order valence-corrected chi connectivity index (χ2v) is 4.73. The van der Waals surface area contributed by atoms with Crippen LogP contribution in [-0.2, 0) is 12.8 Å². The largest absolute Gasteiger partial charge is 0.0619 e. The molecule has 85 valence electrons. The average molecular weight is 221 g/mol. The highest BCUT2D eigenvalue weighted by Crippen LogP contribution is 2.38. The van der Waals surface area contributed by atoms with Crippen molar-refractivity contribution in [3.8, 4) is 11.1 Å². The first-order valence-electron chi connectivity index (χ1n) is 6.38. The second-order valence-electron chi connectivity index (χ2n) is 4.73. The lowest BCUT2D eigenvalue weighted by atomic mass is 9.98. The third kappa shape index (κ3) is 1.78. The monoisotopic (exact) mass is 221 g/mol. The van der Waals surface area contributed by atoms with Crippen molar-refractivity contribution in [2.45, 2.75) is 25.7 Å². The maximum atomic E-state index is 3.93. The van der Waals surface area contributed by atoms with Gasteiger partial charge in [0.05, 0.1) is 0 Å². The molecule has 0 bridgehead atoms. The molecule has 3 rings (SSSR count). The Labute approximate surface area is 103 Å². The Balaban J connectivity index is 2.05. The van der Waals surface area contributed by atoms with Gasteiger partial charge in [-0.15, -0.1) is 0 Å². The summed E-state index contributed by atoms with van der Waals surface area (Å²) in [4.78, 5) is 0. The summed E-state index contributed by atoms with van der Waals surface area (Å²) in [6.07, 6.45) is 4.49. The third-order valence-corrected chi connectivity index (χ3v) is 3.64. The van der Waals surface area contributed by atoms with Crippen molar-refractivity contribution in [3.63, 3.8) is 0 Å². The molecule has 0 atom stereocenters. The summed E-state index contributed by atoms with van der Waals surface area (Å²) in [5.41, 5.74) is 7.41. The van der Waals surface area contributed by atoms with Crippen molar-refractivity contribution >= 4 is 0 Å². The van der Waals surface area contributed by atoms with Crippen LogP contribution in [0.1, 0.15) is 29.5 Å². The van der Waals surface area contributed by atoms with Crippen LogP contribution in [0.4, 0.5) is 0 Å². The molecule has 0 aliphatic heterocycles. The number of hydrogen-bond acceptors (Lipinski definition) is 0. The molecule has 1 aliphatic rings. The van der Waals surface area contributed by atoms with Gasteiger partial charge in [0, 0.05) is 0 Å². The quantitative estimate of drug-likeness (QED) is 0.614. The smallest absolute Gasteiger partial charge is 0.00107 e. The van der Waals surface area contributed by atoms with Crippen LogP contribution in [0.3, 0.4) is 0 Å². The van der Waals surface area contributed by atoms with Crippen molar-refractivity contribution in [1.82, 2.24) is 0 Å². The molecular weight excluding hydrogens is 204 g/mol. The lowest BCUT2D eigenvalue weighted by molar-refractivity contribution is 0.833. The number of fused-ring (bicyclic) bond motifs is 3. The number of hydrogen-bond donors (Lipinski definition) is 0. The zero-order valence-electron chi connectivity index (χ0n) is 10.1. The van der Waals surface area contributed by atoms with E-state index in [0.29, 0.717) is 0 Å². The van der Waals surface area contributed by atoms with Crippen LogP contribution in [0.25, 0.3) is 11.1 Å². The Morgan fingerprint density at radius 2 is 1.76 bits per heavy atom. The maximum absolute atomic E-state index is 3.93. The molecule has 0 unspecified atom stereocenters. The van der Waals surface area contributed by atoms with Crippen molar-refractivity contribution in [2.24, 2.45) is 0 Å². The molecular formula is C17H17. The molecule has 0 aromatic heterocycles. The van der Waals surface area contributed by atoms with Gasteiger partial charge in [0.25, 0.3) is 0 Å². The number of aryl methyl sites for hydroxylation is 1. The molecule has 0 amide bonds. The van der Waals surface area contributed by atoms with Gasteiger partial charge in [-0.2, -0.15) is 0 Å². The Morgan fingerprint density at radius 3 is 2.65 bits per heavy atom. The van der Waals surface area contributed by atoms with E-state index in [1.165, 1.54) is 35.1 Å². The van der Waals surface area contributed by atoms with Gasteiger partial charge in [-0.25, -0.2) is 0 Å². The SMILES string of the molecule is [CH2]CCCc1cccc2c1Cc1ccccc1-2. The minimum Gasteiger partial charge on any atom is -0.0619 e. The number of benzene rings is 2. The standard InChI is InChI=1S/C17H17/c1-2-3-7-13-9-6-11-16-15-10-5-4-8-14(15)12-17(13)16/h4-6,8-11H,1-3,7,12H2. The molecule has 0 saturated carbocycles. The lowest BCUT2D eigenvalue weighted by Gasteiger charge is -2.07. The second kappa shape index (κ2) is 4.37. The molecule has 0 spiro atoms. The first-order chi connectivity index (χ1) is 8.40. The van der Waals surface area contributed by atoms with Crippen LogP contribution in [0.15, 0.2) is 42.5 Å². The molecule has 0 heterocycles. The molecule has 2 aromatic rings. The zero-order chi connectivity index (χ0) is 11.7. The van der Waals surface area contributed by atoms with Gasteiger partial charge in [0.2, 0.25) is 0 Å². The minimum atomic E-state index is 1.02. The van der Waals surface area contributed by atoms with Gasteiger partial charge in [-0.1, -0.05) is 55.8 Å². The summed E-state index contributed by atoms with van der Waals surface area (Å²) in [7, 11) is 0. The molecule has 2 aromatic carbocycles. The van der Waals surface area contributed by atoms with E-state index in [1.807, 2.05) is 0 Å². The molecule has 0 nitrogen and oxygen atoms in total. The molecule has 1 aliphatic carbocycles. The Bertz CT molecular complexity index is 537. The average Bonchev–Trinajstić information content (AvgIpc) is 2.75. The number of unbranched alkanes of at least 4 members (excludes halogenated alkanes) is 1. The van der Waals surface area contributed by atoms with Gasteiger partial charge < -0.3 is 0 Å². The van der Waals surface area contributed by atoms with E-state index in [2.05, 4.69) is 49.4 Å². The maximum Gasteiger partial charge on any atom is -0.00107 e. The molecule has 17 heavy (non-hydrogen) atoms. The van der Waals surface area contributed by atoms with E-state index in [-0.39, 0.29) is 0 Å². The summed E-state index contributed by atoms with van der Waals surface area (Å²) in [6.45, 7) is 3.93. The Morgan fingerprint density at radius 1 is 0.941 bits per heavy atom. The Hall–Kier alpha value is -1.56. The van der Waals surface area contributed by atoms with E-state index in [9.17, 15) is 0 Å². The van der Waals surface area contributed by atoms with Gasteiger partial charge in [0.1, 0.15) is 0 Å². The summed E-state index contributed by atoms with van der Waals surface area (Å²) >= 11 is 0. The molecule has 0 saturated heterocycles. The molecule has 0 fully saturated rings. The van der Waals surface area contributed by atoms with Crippen LogP contribution in [-0.4, -0.2) is 0 Å². The van der Waals surface area contributed by atoms with E-state index >= 15 is 0 Å².